The van der Waals surface area contributed by atoms with Crippen LogP contribution in [0.1, 0.15) is 34.3 Å². The van der Waals surface area contributed by atoms with Crippen LogP contribution in [0.3, 0.4) is 0 Å². The Labute approximate surface area is 192 Å². The van der Waals surface area contributed by atoms with Crippen LogP contribution in [0.2, 0.25) is 5.02 Å². The highest BCUT2D eigenvalue weighted by Gasteiger charge is 2.23. The van der Waals surface area contributed by atoms with Crippen LogP contribution in [0.25, 0.3) is 0 Å². The number of benzene rings is 2. The molecule has 0 radical (unpaired) electrons. The van der Waals surface area contributed by atoms with Crippen LogP contribution in [-0.4, -0.2) is 38.0 Å². The fourth-order valence-corrected chi connectivity index (χ4v) is 4.68. The first-order valence-electron chi connectivity index (χ1n) is 9.84. The van der Waals surface area contributed by atoms with Crippen LogP contribution in [0.5, 0.6) is 5.75 Å². The summed E-state index contributed by atoms with van der Waals surface area (Å²) in [5.74, 6) is 0.891. The Bertz CT molecular complexity index is 1200. The SMILES string of the molecule is CCOc1ccc(NS(=O)(=O)c2cc(C(=O)N(C)Cc3c(C)noc3C)ccc2Cl)cc1. The lowest BCUT2D eigenvalue weighted by atomic mass is 10.1. The van der Waals surface area contributed by atoms with Crippen molar-refractivity contribution in [2.75, 3.05) is 18.4 Å². The van der Waals surface area contributed by atoms with Gasteiger partial charge in [-0.25, -0.2) is 8.42 Å². The topological polar surface area (TPSA) is 102 Å². The summed E-state index contributed by atoms with van der Waals surface area (Å²) in [5.41, 5.74) is 2.04. The number of carbonyl (C=O) groups is 1. The maximum absolute atomic E-state index is 13.0. The number of sulfonamides is 1. The summed E-state index contributed by atoms with van der Waals surface area (Å²) in [6.07, 6.45) is 0. The van der Waals surface area contributed by atoms with E-state index >= 15 is 0 Å². The first kappa shape index (κ1) is 23.6. The summed E-state index contributed by atoms with van der Waals surface area (Å²) in [5, 5.41) is 3.90. The van der Waals surface area contributed by atoms with Gasteiger partial charge in [0.2, 0.25) is 0 Å². The van der Waals surface area contributed by atoms with Gasteiger partial charge in [-0.2, -0.15) is 0 Å². The Hall–Kier alpha value is -3.04. The molecule has 3 aromatic rings. The molecule has 170 valence electrons. The van der Waals surface area contributed by atoms with E-state index in [1.165, 1.54) is 23.1 Å². The second-order valence-corrected chi connectivity index (χ2v) is 9.23. The van der Waals surface area contributed by atoms with E-state index in [1.807, 2.05) is 6.92 Å². The van der Waals surface area contributed by atoms with Crippen molar-refractivity contribution in [1.82, 2.24) is 10.1 Å². The minimum Gasteiger partial charge on any atom is -0.494 e. The molecule has 8 nitrogen and oxygen atoms in total. The van der Waals surface area contributed by atoms with Crippen molar-refractivity contribution < 1.29 is 22.5 Å². The third kappa shape index (κ3) is 5.23. The van der Waals surface area contributed by atoms with Crippen molar-refractivity contribution in [3.63, 3.8) is 0 Å². The van der Waals surface area contributed by atoms with Gasteiger partial charge in [-0.15, -0.1) is 0 Å². The van der Waals surface area contributed by atoms with Crippen LogP contribution in [0, 0.1) is 13.8 Å². The van der Waals surface area contributed by atoms with Crippen molar-refractivity contribution in [3.05, 3.63) is 70.1 Å². The predicted molar refractivity (Wildman–Crippen MR) is 122 cm³/mol. The van der Waals surface area contributed by atoms with Crippen molar-refractivity contribution in [1.29, 1.82) is 0 Å². The summed E-state index contributed by atoms with van der Waals surface area (Å²) in [7, 11) is -2.41. The molecule has 10 heteroatoms. The molecule has 2 aromatic carbocycles. The van der Waals surface area contributed by atoms with E-state index in [1.54, 1.807) is 45.2 Å². The lowest BCUT2D eigenvalue weighted by molar-refractivity contribution is 0.0784. The Kier molecular flexibility index (Phi) is 7.10. The number of hydrogen-bond acceptors (Lipinski definition) is 6. The number of aromatic nitrogens is 1. The number of rotatable bonds is 8. The molecule has 1 aromatic heterocycles. The minimum atomic E-state index is -4.03. The van der Waals surface area contributed by atoms with Gasteiger partial charge in [-0.3, -0.25) is 9.52 Å². The number of carbonyl (C=O) groups excluding carboxylic acids is 1. The molecule has 1 amide bonds. The smallest absolute Gasteiger partial charge is 0.263 e. The Morgan fingerprint density at radius 3 is 2.47 bits per heavy atom. The van der Waals surface area contributed by atoms with Gasteiger partial charge < -0.3 is 14.2 Å². The molecule has 0 spiro atoms. The maximum Gasteiger partial charge on any atom is 0.263 e. The molecule has 0 saturated carbocycles. The monoisotopic (exact) mass is 477 g/mol. The fourth-order valence-electron chi connectivity index (χ4n) is 3.10. The van der Waals surface area contributed by atoms with Crippen LogP contribution in [-0.2, 0) is 16.6 Å². The van der Waals surface area contributed by atoms with Crippen LogP contribution < -0.4 is 9.46 Å². The molecule has 0 fully saturated rings. The zero-order valence-corrected chi connectivity index (χ0v) is 19.7. The molecule has 1 heterocycles. The zero-order valence-electron chi connectivity index (χ0n) is 18.2. The first-order valence-corrected chi connectivity index (χ1v) is 11.7. The largest absolute Gasteiger partial charge is 0.494 e. The van der Waals surface area contributed by atoms with E-state index in [-0.39, 0.29) is 27.9 Å². The number of ether oxygens (including phenoxy) is 1. The van der Waals surface area contributed by atoms with E-state index in [0.717, 1.165) is 5.56 Å². The maximum atomic E-state index is 13.0. The Morgan fingerprint density at radius 2 is 1.88 bits per heavy atom. The average molecular weight is 478 g/mol. The molecule has 3 rings (SSSR count). The molecule has 0 unspecified atom stereocenters. The second kappa shape index (κ2) is 9.62. The summed E-state index contributed by atoms with van der Waals surface area (Å²) in [6, 6.07) is 10.6. The fraction of sp³-hybridized carbons (Fsp3) is 0.273. The van der Waals surface area contributed by atoms with Gasteiger partial charge in [-0.1, -0.05) is 16.8 Å². The van der Waals surface area contributed by atoms with E-state index in [4.69, 9.17) is 20.9 Å². The third-order valence-corrected chi connectivity index (χ3v) is 6.67. The summed E-state index contributed by atoms with van der Waals surface area (Å²) in [6.45, 7) is 6.21. The van der Waals surface area contributed by atoms with Crippen molar-refractivity contribution >= 4 is 33.2 Å². The van der Waals surface area contributed by atoms with Crippen molar-refractivity contribution in [2.24, 2.45) is 0 Å². The number of halogens is 1. The molecule has 0 aliphatic carbocycles. The highest BCUT2D eigenvalue weighted by molar-refractivity contribution is 7.92. The van der Waals surface area contributed by atoms with Gasteiger partial charge in [0.1, 0.15) is 16.4 Å². The number of nitrogens with one attached hydrogen (secondary N) is 1. The molecule has 0 bridgehead atoms. The third-order valence-electron chi connectivity index (χ3n) is 4.81. The highest BCUT2D eigenvalue weighted by atomic mass is 35.5. The second-order valence-electron chi connectivity index (χ2n) is 7.17. The Balaban J connectivity index is 1.83. The van der Waals surface area contributed by atoms with Gasteiger partial charge >= 0.3 is 0 Å². The zero-order chi connectivity index (χ0) is 23.5. The van der Waals surface area contributed by atoms with Gasteiger partial charge in [0.05, 0.1) is 23.9 Å². The molecule has 0 aliphatic heterocycles. The summed E-state index contributed by atoms with van der Waals surface area (Å²) >= 11 is 6.17. The van der Waals surface area contributed by atoms with E-state index < -0.39 is 10.0 Å². The summed E-state index contributed by atoms with van der Waals surface area (Å²) < 4.78 is 38.9. The van der Waals surface area contributed by atoms with Gasteiger partial charge in [0, 0.05) is 23.9 Å². The van der Waals surface area contributed by atoms with Crippen molar-refractivity contribution in [3.8, 4) is 5.75 Å². The molecule has 1 N–H and O–H groups in total. The first-order chi connectivity index (χ1) is 15.1. The van der Waals surface area contributed by atoms with Crippen LogP contribution in [0.15, 0.2) is 51.9 Å². The predicted octanol–water partition coefficient (Wildman–Crippen LogP) is 4.42. The van der Waals surface area contributed by atoms with E-state index in [0.29, 0.717) is 29.5 Å². The molecular formula is C22H24ClN3O5S. The molecule has 0 aliphatic rings. The number of amides is 1. The number of anilines is 1. The van der Waals surface area contributed by atoms with Crippen LogP contribution >= 0.6 is 11.6 Å². The highest BCUT2D eigenvalue weighted by Crippen LogP contribution is 2.27. The van der Waals surface area contributed by atoms with Gasteiger partial charge in [-0.05, 0) is 63.2 Å². The normalized spacial score (nSPS) is 11.3. The lowest BCUT2D eigenvalue weighted by Gasteiger charge is -2.18. The molecular weight excluding hydrogens is 454 g/mol. The average Bonchev–Trinajstić information content (AvgIpc) is 3.07. The standard InChI is InChI=1S/C22H24ClN3O5S/c1-5-30-18-9-7-17(8-10-18)25-32(28,29)21-12-16(6-11-20(21)23)22(27)26(4)13-19-14(2)24-31-15(19)3/h6-12,25H,5,13H2,1-4H3. The molecule has 0 atom stereocenters. The van der Waals surface area contributed by atoms with E-state index in [2.05, 4.69) is 9.88 Å². The number of aryl methyl sites for hydroxylation is 2. The van der Waals surface area contributed by atoms with Crippen molar-refractivity contribution in [2.45, 2.75) is 32.2 Å². The van der Waals surface area contributed by atoms with E-state index in [9.17, 15) is 13.2 Å². The van der Waals surface area contributed by atoms with Crippen LogP contribution in [0.4, 0.5) is 5.69 Å². The molecule has 0 saturated heterocycles. The molecule has 32 heavy (non-hydrogen) atoms. The van der Waals surface area contributed by atoms with Gasteiger partial charge in [0.25, 0.3) is 15.9 Å². The number of nitrogens with zero attached hydrogens (tertiary/aromatic N) is 2. The quantitative estimate of drug-likeness (QED) is 0.515. The summed E-state index contributed by atoms with van der Waals surface area (Å²) in [4.78, 5) is 14.2. The number of hydrogen-bond donors (Lipinski definition) is 1. The lowest BCUT2D eigenvalue weighted by Crippen LogP contribution is -2.27. The van der Waals surface area contributed by atoms with Gasteiger partial charge in [0.15, 0.2) is 0 Å². The minimum absolute atomic E-state index is 0.00774. The Morgan fingerprint density at radius 1 is 1.19 bits per heavy atom.